The molecule has 0 fully saturated rings. The van der Waals surface area contributed by atoms with Gasteiger partial charge in [0.2, 0.25) is 0 Å². The van der Waals surface area contributed by atoms with Crippen LogP contribution < -0.4 is 4.74 Å². The molecule has 1 N–H and O–H groups in total. The van der Waals surface area contributed by atoms with E-state index in [4.69, 9.17) is 9.84 Å². The van der Waals surface area contributed by atoms with Gasteiger partial charge in [-0.2, -0.15) is 0 Å². The van der Waals surface area contributed by atoms with Crippen LogP contribution in [0.15, 0.2) is 18.2 Å². The van der Waals surface area contributed by atoms with Gasteiger partial charge in [0.05, 0.1) is 6.61 Å². The van der Waals surface area contributed by atoms with E-state index in [-0.39, 0.29) is 19.1 Å². The van der Waals surface area contributed by atoms with Crippen molar-refractivity contribution in [1.82, 2.24) is 4.90 Å². The normalized spacial score (nSPS) is 10.1. The second-order valence-corrected chi connectivity index (χ2v) is 4.03. The van der Waals surface area contributed by atoms with Crippen molar-refractivity contribution >= 4 is 5.91 Å². The van der Waals surface area contributed by atoms with Gasteiger partial charge in [0.25, 0.3) is 5.91 Å². The summed E-state index contributed by atoms with van der Waals surface area (Å²) in [6.45, 7) is 4.26. The fraction of sp³-hybridized carbons (Fsp3) is 0.462. The number of aliphatic hydroxyl groups excluding tert-OH is 1. The molecule has 0 bridgehead atoms. The predicted molar refractivity (Wildman–Crippen MR) is 66.1 cm³/mol. The van der Waals surface area contributed by atoms with Gasteiger partial charge in [-0.15, -0.1) is 0 Å². The summed E-state index contributed by atoms with van der Waals surface area (Å²) in [6.07, 6.45) is 0. The molecule has 0 saturated heterocycles. The number of ether oxygens (including phenoxy) is 1. The van der Waals surface area contributed by atoms with Gasteiger partial charge >= 0.3 is 0 Å². The first-order valence-corrected chi connectivity index (χ1v) is 5.60. The van der Waals surface area contributed by atoms with E-state index in [1.54, 1.807) is 7.05 Å². The molecule has 1 amide bonds. The van der Waals surface area contributed by atoms with Crippen LogP contribution in [0.4, 0.5) is 0 Å². The lowest BCUT2D eigenvalue weighted by atomic mass is 10.1. The van der Waals surface area contributed by atoms with Gasteiger partial charge in [-0.1, -0.05) is 12.1 Å². The lowest BCUT2D eigenvalue weighted by Gasteiger charge is -2.17. The minimum Gasteiger partial charge on any atom is -0.483 e. The molecular weight excluding hydrogens is 218 g/mol. The van der Waals surface area contributed by atoms with E-state index in [1.165, 1.54) is 4.90 Å². The number of likely N-dealkylation sites (N-methyl/N-ethyl adjacent to an activating group) is 1. The number of hydrogen-bond acceptors (Lipinski definition) is 3. The summed E-state index contributed by atoms with van der Waals surface area (Å²) in [5, 5.41) is 8.72. The summed E-state index contributed by atoms with van der Waals surface area (Å²) in [5.41, 5.74) is 2.18. The minimum absolute atomic E-state index is 0.000787. The SMILES string of the molecule is Cc1cccc(OCC(=O)N(C)CCO)c1C. The van der Waals surface area contributed by atoms with Crippen molar-refractivity contribution in [1.29, 1.82) is 0 Å². The maximum atomic E-state index is 11.6. The highest BCUT2D eigenvalue weighted by Crippen LogP contribution is 2.20. The van der Waals surface area contributed by atoms with Gasteiger partial charge in [0, 0.05) is 13.6 Å². The van der Waals surface area contributed by atoms with Gasteiger partial charge in [-0.25, -0.2) is 0 Å². The molecule has 1 aromatic rings. The second-order valence-electron chi connectivity index (χ2n) is 4.03. The number of benzene rings is 1. The topological polar surface area (TPSA) is 49.8 Å². The quantitative estimate of drug-likeness (QED) is 0.835. The van der Waals surface area contributed by atoms with E-state index in [2.05, 4.69) is 0 Å². The maximum Gasteiger partial charge on any atom is 0.260 e. The third-order valence-corrected chi connectivity index (χ3v) is 2.77. The Morgan fingerprint density at radius 2 is 2.12 bits per heavy atom. The zero-order valence-corrected chi connectivity index (χ0v) is 10.6. The molecule has 4 nitrogen and oxygen atoms in total. The van der Waals surface area contributed by atoms with Crippen LogP contribution in [0.25, 0.3) is 0 Å². The fourth-order valence-electron chi connectivity index (χ4n) is 1.40. The molecule has 4 heteroatoms. The highest BCUT2D eigenvalue weighted by molar-refractivity contribution is 5.77. The standard InChI is InChI=1S/C13H19NO3/c1-10-5-4-6-12(11(10)2)17-9-13(16)14(3)7-8-15/h4-6,15H,7-9H2,1-3H3. The van der Waals surface area contributed by atoms with Crippen molar-refractivity contribution in [2.75, 3.05) is 26.8 Å². The van der Waals surface area contributed by atoms with Crippen LogP contribution in [0.1, 0.15) is 11.1 Å². The maximum absolute atomic E-state index is 11.6. The van der Waals surface area contributed by atoms with Crippen LogP contribution in [0, 0.1) is 13.8 Å². The summed E-state index contributed by atoms with van der Waals surface area (Å²) in [5.74, 6) is 0.593. The molecule has 0 atom stereocenters. The zero-order chi connectivity index (χ0) is 12.8. The zero-order valence-electron chi connectivity index (χ0n) is 10.6. The Morgan fingerprint density at radius 3 is 2.76 bits per heavy atom. The van der Waals surface area contributed by atoms with Gasteiger partial charge in [0.15, 0.2) is 6.61 Å². The third kappa shape index (κ3) is 3.75. The van der Waals surface area contributed by atoms with Crippen molar-refractivity contribution in [3.63, 3.8) is 0 Å². The van der Waals surface area contributed by atoms with Gasteiger partial charge in [-0.3, -0.25) is 4.79 Å². The van der Waals surface area contributed by atoms with Crippen molar-refractivity contribution in [3.8, 4) is 5.75 Å². The summed E-state index contributed by atoms with van der Waals surface area (Å²) in [4.78, 5) is 13.0. The van der Waals surface area contributed by atoms with Crippen molar-refractivity contribution < 1.29 is 14.6 Å². The molecule has 0 aromatic heterocycles. The second kappa shape index (κ2) is 6.25. The largest absolute Gasteiger partial charge is 0.483 e. The first kappa shape index (κ1) is 13.5. The summed E-state index contributed by atoms with van der Waals surface area (Å²) in [6, 6.07) is 5.75. The summed E-state index contributed by atoms with van der Waals surface area (Å²) < 4.78 is 5.47. The first-order valence-electron chi connectivity index (χ1n) is 5.60. The van der Waals surface area contributed by atoms with Crippen molar-refractivity contribution in [3.05, 3.63) is 29.3 Å². The number of rotatable bonds is 5. The molecule has 17 heavy (non-hydrogen) atoms. The molecule has 0 aliphatic carbocycles. The predicted octanol–water partition coefficient (Wildman–Crippen LogP) is 1.13. The number of carbonyl (C=O) groups excluding carboxylic acids is 1. The van der Waals surface area contributed by atoms with E-state index in [0.717, 1.165) is 16.9 Å². The molecule has 1 rings (SSSR count). The molecule has 0 aliphatic heterocycles. The Bertz CT molecular complexity index is 390. The average molecular weight is 237 g/mol. The first-order chi connectivity index (χ1) is 8.06. The van der Waals surface area contributed by atoms with E-state index in [1.807, 2.05) is 32.0 Å². The number of aliphatic hydroxyl groups is 1. The molecule has 0 heterocycles. The van der Waals surface area contributed by atoms with Gasteiger partial charge < -0.3 is 14.7 Å². The Hall–Kier alpha value is -1.55. The summed E-state index contributed by atoms with van der Waals surface area (Å²) in [7, 11) is 1.64. The van der Waals surface area contributed by atoms with Crippen LogP contribution in [0.3, 0.4) is 0 Å². The number of aryl methyl sites for hydroxylation is 1. The van der Waals surface area contributed by atoms with Gasteiger partial charge in [-0.05, 0) is 31.0 Å². The van der Waals surface area contributed by atoms with Crippen molar-refractivity contribution in [2.45, 2.75) is 13.8 Å². The third-order valence-electron chi connectivity index (χ3n) is 2.77. The Morgan fingerprint density at radius 1 is 1.41 bits per heavy atom. The number of nitrogens with zero attached hydrogens (tertiary/aromatic N) is 1. The molecule has 94 valence electrons. The molecule has 1 aromatic carbocycles. The summed E-state index contributed by atoms with van der Waals surface area (Å²) >= 11 is 0. The fourth-order valence-corrected chi connectivity index (χ4v) is 1.40. The monoisotopic (exact) mass is 237 g/mol. The Balaban J connectivity index is 2.56. The molecule has 0 unspecified atom stereocenters. The lowest BCUT2D eigenvalue weighted by molar-refractivity contribution is -0.132. The molecule has 0 spiro atoms. The van der Waals surface area contributed by atoms with E-state index < -0.39 is 0 Å². The van der Waals surface area contributed by atoms with Crippen molar-refractivity contribution in [2.24, 2.45) is 0 Å². The minimum atomic E-state index is -0.139. The lowest BCUT2D eigenvalue weighted by Crippen LogP contribution is -2.33. The van der Waals surface area contributed by atoms with E-state index in [0.29, 0.717) is 6.54 Å². The number of carbonyl (C=O) groups is 1. The molecule has 0 radical (unpaired) electrons. The highest BCUT2D eigenvalue weighted by atomic mass is 16.5. The van der Waals surface area contributed by atoms with E-state index in [9.17, 15) is 4.79 Å². The van der Waals surface area contributed by atoms with Crippen LogP contribution in [0.5, 0.6) is 5.75 Å². The van der Waals surface area contributed by atoms with Crippen LogP contribution >= 0.6 is 0 Å². The van der Waals surface area contributed by atoms with Crippen LogP contribution in [-0.2, 0) is 4.79 Å². The highest BCUT2D eigenvalue weighted by Gasteiger charge is 2.10. The Labute approximate surface area is 102 Å². The van der Waals surface area contributed by atoms with E-state index >= 15 is 0 Å². The van der Waals surface area contributed by atoms with Crippen LogP contribution in [-0.4, -0.2) is 42.7 Å². The average Bonchev–Trinajstić information content (AvgIpc) is 2.31. The number of hydrogen-bond donors (Lipinski definition) is 1. The van der Waals surface area contributed by atoms with Crippen LogP contribution in [0.2, 0.25) is 0 Å². The molecule has 0 aliphatic rings. The molecular formula is C13H19NO3. The molecule has 0 saturated carbocycles. The number of amides is 1. The Kier molecular flexibility index (Phi) is 4.97. The smallest absolute Gasteiger partial charge is 0.260 e. The van der Waals surface area contributed by atoms with Gasteiger partial charge in [0.1, 0.15) is 5.75 Å².